The average molecular weight is 635 g/mol. The molecule has 0 radical (unpaired) electrons. The number of allylic oxidation sites excluding steroid dienone is 2. The fraction of sp³-hybridized carbons (Fsp3) is 0.0698. The van der Waals surface area contributed by atoms with Gasteiger partial charge in [0, 0.05) is 27.6 Å². The van der Waals surface area contributed by atoms with Crippen molar-refractivity contribution in [1.82, 2.24) is 15.0 Å². The van der Waals surface area contributed by atoms with Crippen LogP contribution in [0.4, 0.5) is 5.69 Å². The maximum Gasteiger partial charge on any atom is 0.164 e. The highest BCUT2D eigenvalue weighted by Gasteiger charge is 2.26. The van der Waals surface area contributed by atoms with Gasteiger partial charge < -0.3 is 9.15 Å². The Morgan fingerprint density at radius 3 is 2.31 bits per heavy atom. The molecule has 3 heterocycles. The number of ether oxygens (including phenoxy) is 1. The summed E-state index contributed by atoms with van der Waals surface area (Å²) >= 11 is 0. The smallest absolute Gasteiger partial charge is 0.164 e. The van der Waals surface area contributed by atoms with Crippen LogP contribution in [-0.2, 0) is 6.42 Å². The topological polar surface area (TPSA) is 73.4 Å². The molecule has 6 heteroatoms. The van der Waals surface area contributed by atoms with Gasteiger partial charge >= 0.3 is 0 Å². The first kappa shape index (κ1) is 28.8. The summed E-state index contributed by atoms with van der Waals surface area (Å²) in [5, 5.41) is 0.966. The van der Waals surface area contributed by atoms with Crippen LogP contribution in [-0.4, -0.2) is 20.7 Å². The number of furan rings is 1. The van der Waals surface area contributed by atoms with Crippen LogP contribution in [0.15, 0.2) is 143 Å². The predicted molar refractivity (Wildman–Crippen MR) is 196 cm³/mol. The van der Waals surface area contributed by atoms with Crippen LogP contribution in [0.5, 0.6) is 5.75 Å². The molecule has 2 aliphatic rings. The number of hydrogen-bond donors (Lipinski definition) is 0. The van der Waals surface area contributed by atoms with Crippen LogP contribution < -0.4 is 4.74 Å². The largest absolute Gasteiger partial charge is 0.459 e. The summed E-state index contributed by atoms with van der Waals surface area (Å²) in [7, 11) is 0. The summed E-state index contributed by atoms with van der Waals surface area (Å²) < 4.78 is 12.5. The van der Waals surface area contributed by atoms with Gasteiger partial charge in [-0.15, -0.1) is 0 Å². The van der Waals surface area contributed by atoms with Gasteiger partial charge in [-0.2, -0.15) is 0 Å². The molecule has 0 spiro atoms. The number of aromatic nitrogens is 3. The first-order chi connectivity index (χ1) is 24.2. The summed E-state index contributed by atoms with van der Waals surface area (Å²) in [6, 6.07) is 40.7. The van der Waals surface area contributed by atoms with Gasteiger partial charge in [0.25, 0.3) is 0 Å². The molecule has 7 aromatic rings. The zero-order valence-electron chi connectivity index (χ0n) is 26.8. The highest BCUT2D eigenvalue weighted by molar-refractivity contribution is 6.19. The number of hydrogen-bond acceptors (Lipinski definition) is 6. The Kier molecular flexibility index (Phi) is 7.05. The zero-order valence-corrected chi connectivity index (χ0v) is 26.8. The van der Waals surface area contributed by atoms with Crippen molar-refractivity contribution in [2.45, 2.75) is 19.8 Å². The molecule has 49 heavy (non-hydrogen) atoms. The van der Waals surface area contributed by atoms with Crippen LogP contribution in [0.3, 0.4) is 0 Å². The maximum atomic E-state index is 6.42. The van der Waals surface area contributed by atoms with Gasteiger partial charge in [-0.3, -0.25) is 0 Å². The first-order valence-electron chi connectivity index (χ1n) is 16.4. The summed E-state index contributed by atoms with van der Waals surface area (Å²) in [6.07, 6.45) is 8.55. The van der Waals surface area contributed by atoms with Gasteiger partial charge in [-0.05, 0) is 78.9 Å². The van der Waals surface area contributed by atoms with Gasteiger partial charge in [0.1, 0.15) is 28.5 Å². The van der Waals surface area contributed by atoms with E-state index in [4.69, 9.17) is 29.1 Å². The third-order valence-corrected chi connectivity index (χ3v) is 8.95. The fourth-order valence-corrected chi connectivity index (χ4v) is 6.50. The van der Waals surface area contributed by atoms with Gasteiger partial charge in [0.2, 0.25) is 0 Å². The van der Waals surface area contributed by atoms with Crippen LogP contribution in [0.25, 0.3) is 57.3 Å². The standard InChI is InChI=1S/C43H30N4O2/c1-27-39(34-18-7-9-20-36(34)48-27)44-40-35-19-8-10-21-37(35)49-38(40)25-28-12-11-17-32(24-28)42-45-41(30-14-3-2-4-15-30)46-43(47-42)33-23-22-29-13-5-6-16-31(29)26-33/h2-4,6-12,14-26H,5,13H2,1H3/b38-25-,44-40-. The summed E-state index contributed by atoms with van der Waals surface area (Å²) in [6.45, 7) is 1.95. The quantitative estimate of drug-likeness (QED) is 0.188. The molecular formula is C43H30N4O2. The average Bonchev–Trinajstić information content (AvgIpc) is 3.67. The first-order valence-corrected chi connectivity index (χ1v) is 16.4. The zero-order chi connectivity index (χ0) is 32.7. The van der Waals surface area contributed by atoms with Crippen molar-refractivity contribution in [2.24, 2.45) is 4.99 Å². The third-order valence-electron chi connectivity index (χ3n) is 8.95. The van der Waals surface area contributed by atoms with Crippen molar-refractivity contribution in [2.75, 3.05) is 0 Å². The van der Waals surface area contributed by atoms with E-state index < -0.39 is 0 Å². The van der Waals surface area contributed by atoms with Gasteiger partial charge in [-0.1, -0.05) is 97.1 Å². The minimum absolute atomic E-state index is 0.599. The van der Waals surface area contributed by atoms with E-state index in [0.29, 0.717) is 23.2 Å². The number of aryl methyl sites for hydroxylation is 2. The molecule has 2 aromatic heterocycles. The third kappa shape index (κ3) is 5.43. The van der Waals surface area contributed by atoms with Crippen molar-refractivity contribution in [3.05, 3.63) is 161 Å². The predicted octanol–water partition coefficient (Wildman–Crippen LogP) is 10.4. The molecule has 6 nitrogen and oxygen atoms in total. The van der Waals surface area contributed by atoms with Crippen LogP contribution in [0, 0.1) is 6.92 Å². The Morgan fingerprint density at radius 1 is 0.694 bits per heavy atom. The van der Waals surface area contributed by atoms with Crippen molar-refractivity contribution >= 4 is 34.5 Å². The maximum absolute atomic E-state index is 6.42. The molecule has 0 bridgehead atoms. The molecular weight excluding hydrogens is 604 g/mol. The van der Waals surface area contributed by atoms with E-state index in [1.54, 1.807) is 0 Å². The van der Waals surface area contributed by atoms with E-state index in [9.17, 15) is 0 Å². The molecule has 0 fully saturated rings. The number of para-hydroxylation sites is 2. The molecule has 1 aliphatic heterocycles. The summed E-state index contributed by atoms with van der Waals surface area (Å²) in [5.74, 6) is 4.05. The van der Waals surface area contributed by atoms with E-state index in [1.807, 2.05) is 104 Å². The van der Waals surface area contributed by atoms with E-state index in [1.165, 1.54) is 11.1 Å². The molecule has 0 amide bonds. The Balaban J connectivity index is 1.15. The molecule has 0 saturated carbocycles. The second kappa shape index (κ2) is 12.0. The molecule has 0 unspecified atom stereocenters. The number of benzene rings is 5. The molecule has 5 aromatic carbocycles. The lowest BCUT2D eigenvalue weighted by atomic mass is 9.95. The van der Waals surface area contributed by atoms with E-state index in [2.05, 4.69) is 42.5 Å². The minimum Gasteiger partial charge on any atom is -0.459 e. The minimum atomic E-state index is 0.599. The highest BCUT2D eigenvalue weighted by atomic mass is 16.5. The normalized spacial score (nSPS) is 15.0. The molecule has 9 rings (SSSR count). The number of aliphatic imine (C=N–C) groups is 1. The van der Waals surface area contributed by atoms with Crippen molar-refractivity contribution in [3.8, 4) is 39.9 Å². The lowest BCUT2D eigenvalue weighted by Gasteiger charge is -2.13. The van der Waals surface area contributed by atoms with Gasteiger partial charge in [0.15, 0.2) is 23.2 Å². The summed E-state index contributed by atoms with van der Waals surface area (Å²) in [5.41, 5.74) is 9.57. The van der Waals surface area contributed by atoms with Crippen LogP contribution in [0.2, 0.25) is 0 Å². The lowest BCUT2D eigenvalue weighted by molar-refractivity contribution is 0.473. The molecule has 1 aliphatic carbocycles. The van der Waals surface area contributed by atoms with Crippen molar-refractivity contribution in [1.29, 1.82) is 0 Å². The number of fused-ring (bicyclic) bond motifs is 3. The monoisotopic (exact) mass is 634 g/mol. The molecule has 0 N–H and O–H groups in total. The van der Waals surface area contributed by atoms with E-state index >= 15 is 0 Å². The number of rotatable bonds is 5. The van der Waals surface area contributed by atoms with Gasteiger partial charge in [-0.25, -0.2) is 19.9 Å². The Bertz CT molecular complexity index is 2490. The highest BCUT2D eigenvalue weighted by Crippen LogP contribution is 2.38. The summed E-state index contributed by atoms with van der Waals surface area (Å²) in [4.78, 5) is 20.1. The second-order valence-corrected chi connectivity index (χ2v) is 12.2. The fourth-order valence-electron chi connectivity index (χ4n) is 6.50. The molecule has 0 saturated heterocycles. The lowest BCUT2D eigenvalue weighted by Crippen LogP contribution is -2.02. The van der Waals surface area contributed by atoms with Crippen molar-refractivity contribution < 1.29 is 9.15 Å². The Hall–Kier alpha value is -6.40. The Labute approximate surface area is 283 Å². The molecule has 234 valence electrons. The second-order valence-electron chi connectivity index (χ2n) is 12.2. The van der Waals surface area contributed by atoms with Gasteiger partial charge in [0.05, 0.1) is 0 Å². The Morgan fingerprint density at radius 2 is 1.43 bits per heavy atom. The number of nitrogens with zero attached hydrogens (tertiary/aromatic N) is 4. The van der Waals surface area contributed by atoms with Crippen molar-refractivity contribution in [3.63, 3.8) is 0 Å². The van der Waals surface area contributed by atoms with E-state index in [0.717, 1.165) is 74.5 Å². The molecule has 0 atom stereocenters. The van der Waals surface area contributed by atoms with Crippen LogP contribution >= 0.6 is 0 Å². The van der Waals surface area contributed by atoms with E-state index in [-0.39, 0.29) is 0 Å². The SMILES string of the molecule is Cc1oc2ccccc2c1/N=C1\C(=C\c2cccc(-c3nc(-c4ccccc4)nc(-c4ccc5c(c4)C=CCC5)n3)c2)Oc2ccccc21. The van der Waals surface area contributed by atoms with Crippen LogP contribution in [0.1, 0.15) is 34.4 Å².